The first kappa shape index (κ1) is 10.6. The molecule has 0 unspecified atom stereocenters. The number of hydrogen-bond acceptors (Lipinski definition) is 2. The summed E-state index contributed by atoms with van der Waals surface area (Å²) < 4.78 is 6.53. The zero-order valence-corrected chi connectivity index (χ0v) is 10.2. The van der Waals surface area contributed by atoms with Crippen molar-refractivity contribution in [2.75, 3.05) is 11.9 Å². The molecule has 3 nitrogen and oxygen atoms in total. The van der Waals surface area contributed by atoms with Gasteiger partial charge in [0, 0.05) is 15.7 Å². The van der Waals surface area contributed by atoms with Gasteiger partial charge in [-0.25, -0.2) is 0 Å². The number of amides is 1. The fourth-order valence-electron chi connectivity index (χ4n) is 1.63. The van der Waals surface area contributed by atoms with E-state index < -0.39 is 5.60 Å². The highest BCUT2D eigenvalue weighted by Gasteiger charge is 2.29. The van der Waals surface area contributed by atoms with Crippen LogP contribution in [0.5, 0.6) is 0 Å². The standard InChI is InChI=1S/C11H12BrNO2/c1-11(2)8-5-7(12)3-4-9(8)13-10(14)6-15-11/h3-5H,6H2,1-2H3,(H,13,14). The monoisotopic (exact) mass is 269 g/mol. The van der Waals surface area contributed by atoms with Crippen molar-refractivity contribution in [1.29, 1.82) is 0 Å². The Morgan fingerprint density at radius 3 is 2.93 bits per heavy atom. The maximum Gasteiger partial charge on any atom is 0.250 e. The smallest absolute Gasteiger partial charge is 0.250 e. The topological polar surface area (TPSA) is 38.3 Å². The van der Waals surface area contributed by atoms with Gasteiger partial charge in [0.05, 0.1) is 5.60 Å². The number of benzene rings is 1. The predicted octanol–water partition coefficient (Wildman–Crippen LogP) is 2.65. The molecule has 4 heteroatoms. The number of ether oxygens (including phenoxy) is 1. The van der Waals surface area contributed by atoms with Gasteiger partial charge in [-0.3, -0.25) is 4.79 Å². The molecule has 0 spiro atoms. The minimum atomic E-state index is -0.446. The number of carbonyl (C=O) groups excluding carboxylic acids is 1. The summed E-state index contributed by atoms with van der Waals surface area (Å²) in [5.74, 6) is -0.107. The van der Waals surface area contributed by atoms with Crippen molar-refractivity contribution in [2.24, 2.45) is 0 Å². The Morgan fingerprint density at radius 1 is 1.47 bits per heavy atom. The molecule has 1 aromatic rings. The second-order valence-electron chi connectivity index (χ2n) is 4.04. The second-order valence-corrected chi connectivity index (χ2v) is 4.95. The van der Waals surface area contributed by atoms with Crippen LogP contribution in [-0.2, 0) is 15.1 Å². The normalized spacial score (nSPS) is 19.0. The van der Waals surface area contributed by atoms with Gasteiger partial charge in [-0.1, -0.05) is 15.9 Å². The quantitative estimate of drug-likeness (QED) is 0.787. The molecule has 1 N–H and O–H groups in total. The fourth-order valence-corrected chi connectivity index (χ4v) is 1.99. The molecular formula is C11H12BrNO2. The third-order valence-electron chi connectivity index (χ3n) is 2.47. The molecule has 1 amide bonds. The van der Waals surface area contributed by atoms with Crippen LogP contribution >= 0.6 is 15.9 Å². The highest BCUT2D eigenvalue weighted by atomic mass is 79.9. The highest BCUT2D eigenvalue weighted by molar-refractivity contribution is 9.10. The molecule has 0 bridgehead atoms. The zero-order chi connectivity index (χ0) is 11.1. The van der Waals surface area contributed by atoms with Gasteiger partial charge in [0.2, 0.25) is 5.91 Å². The fraction of sp³-hybridized carbons (Fsp3) is 0.364. The van der Waals surface area contributed by atoms with E-state index in [2.05, 4.69) is 21.2 Å². The lowest BCUT2D eigenvalue weighted by atomic mass is 9.96. The average molecular weight is 270 g/mol. The number of carbonyl (C=O) groups is 1. The first-order chi connectivity index (χ1) is 6.99. The van der Waals surface area contributed by atoms with Gasteiger partial charge in [-0.05, 0) is 32.0 Å². The highest BCUT2D eigenvalue weighted by Crippen LogP contribution is 2.34. The summed E-state index contributed by atoms with van der Waals surface area (Å²) in [7, 11) is 0. The van der Waals surface area contributed by atoms with Crippen LogP contribution in [0.1, 0.15) is 19.4 Å². The van der Waals surface area contributed by atoms with Gasteiger partial charge < -0.3 is 10.1 Å². The summed E-state index contributed by atoms with van der Waals surface area (Å²) in [6.45, 7) is 4.01. The van der Waals surface area contributed by atoms with Crippen molar-refractivity contribution < 1.29 is 9.53 Å². The number of hydrogen-bond donors (Lipinski definition) is 1. The summed E-state index contributed by atoms with van der Waals surface area (Å²) >= 11 is 3.41. The molecule has 0 atom stereocenters. The van der Waals surface area contributed by atoms with Gasteiger partial charge in [0.1, 0.15) is 6.61 Å². The van der Waals surface area contributed by atoms with E-state index in [1.807, 2.05) is 32.0 Å². The van der Waals surface area contributed by atoms with Crippen LogP contribution in [0.15, 0.2) is 22.7 Å². The van der Waals surface area contributed by atoms with Gasteiger partial charge in [-0.15, -0.1) is 0 Å². The van der Waals surface area contributed by atoms with E-state index in [1.165, 1.54) is 0 Å². The van der Waals surface area contributed by atoms with Crippen LogP contribution in [0.2, 0.25) is 0 Å². The molecule has 80 valence electrons. The predicted molar refractivity (Wildman–Crippen MR) is 61.7 cm³/mol. The van der Waals surface area contributed by atoms with E-state index in [9.17, 15) is 4.79 Å². The molecular weight excluding hydrogens is 258 g/mol. The molecule has 0 aliphatic carbocycles. The summed E-state index contributed by atoms with van der Waals surface area (Å²) in [5.41, 5.74) is 1.37. The number of fused-ring (bicyclic) bond motifs is 1. The van der Waals surface area contributed by atoms with Gasteiger partial charge in [0.25, 0.3) is 0 Å². The molecule has 1 aliphatic heterocycles. The van der Waals surface area contributed by atoms with Crippen LogP contribution in [-0.4, -0.2) is 12.5 Å². The Hall–Kier alpha value is -0.870. The molecule has 0 fully saturated rings. The summed E-state index contributed by atoms with van der Waals surface area (Å²) in [6.07, 6.45) is 0. The van der Waals surface area contributed by atoms with E-state index in [0.717, 1.165) is 15.7 Å². The maximum absolute atomic E-state index is 11.4. The second kappa shape index (κ2) is 3.61. The first-order valence-corrected chi connectivity index (χ1v) is 5.52. The third-order valence-corrected chi connectivity index (χ3v) is 2.96. The molecule has 15 heavy (non-hydrogen) atoms. The minimum absolute atomic E-state index is 0.0965. The van der Waals surface area contributed by atoms with Crippen molar-refractivity contribution in [3.05, 3.63) is 28.2 Å². The van der Waals surface area contributed by atoms with Crippen LogP contribution in [0.25, 0.3) is 0 Å². The lowest BCUT2D eigenvalue weighted by Gasteiger charge is -2.24. The van der Waals surface area contributed by atoms with E-state index in [-0.39, 0.29) is 12.5 Å². The lowest BCUT2D eigenvalue weighted by molar-refractivity contribution is -0.125. The van der Waals surface area contributed by atoms with E-state index in [1.54, 1.807) is 0 Å². The number of nitrogens with one attached hydrogen (secondary N) is 1. The molecule has 0 aromatic heterocycles. The first-order valence-electron chi connectivity index (χ1n) is 4.73. The minimum Gasteiger partial charge on any atom is -0.361 e. The largest absolute Gasteiger partial charge is 0.361 e. The van der Waals surface area contributed by atoms with Gasteiger partial charge in [-0.2, -0.15) is 0 Å². The Balaban J connectivity index is 2.56. The molecule has 1 aromatic carbocycles. The summed E-state index contributed by atoms with van der Waals surface area (Å²) in [6, 6.07) is 5.76. The molecule has 0 saturated carbocycles. The summed E-state index contributed by atoms with van der Waals surface area (Å²) in [4.78, 5) is 11.4. The van der Waals surface area contributed by atoms with Crippen molar-refractivity contribution in [2.45, 2.75) is 19.4 Å². The van der Waals surface area contributed by atoms with E-state index in [0.29, 0.717) is 0 Å². The van der Waals surface area contributed by atoms with Crippen LogP contribution in [0.3, 0.4) is 0 Å². The zero-order valence-electron chi connectivity index (χ0n) is 8.63. The molecule has 0 saturated heterocycles. The van der Waals surface area contributed by atoms with Gasteiger partial charge in [0.15, 0.2) is 0 Å². The van der Waals surface area contributed by atoms with Crippen molar-refractivity contribution in [3.8, 4) is 0 Å². The number of rotatable bonds is 0. The van der Waals surface area contributed by atoms with Crippen molar-refractivity contribution >= 4 is 27.5 Å². The van der Waals surface area contributed by atoms with Crippen molar-refractivity contribution in [3.63, 3.8) is 0 Å². The molecule has 1 heterocycles. The average Bonchev–Trinajstić information content (AvgIpc) is 2.27. The Kier molecular flexibility index (Phi) is 2.56. The van der Waals surface area contributed by atoms with Crippen LogP contribution < -0.4 is 5.32 Å². The number of anilines is 1. The van der Waals surface area contributed by atoms with E-state index in [4.69, 9.17) is 4.74 Å². The van der Waals surface area contributed by atoms with Gasteiger partial charge >= 0.3 is 0 Å². The Morgan fingerprint density at radius 2 is 2.20 bits per heavy atom. The maximum atomic E-state index is 11.4. The Bertz CT molecular complexity index is 415. The third kappa shape index (κ3) is 2.06. The number of halogens is 1. The van der Waals surface area contributed by atoms with Crippen LogP contribution in [0, 0.1) is 0 Å². The molecule has 0 radical (unpaired) electrons. The molecule has 1 aliphatic rings. The van der Waals surface area contributed by atoms with Crippen molar-refractivity contribution in [1.82, 2.24) is 0 Å². The molecule has 2 rings (SSSR count). The summed E-state index contributed by atoms with van der Waals surface area (Å²) in [5, 5.41) is 2.82. The Labute approximate surface area is 96.9 Å². The SMILES string of the molecule is CC1(C)OCC(=O)Nc2ccc(Br)cc21. The lowest BCUT2D eigenvalue weighted by Crippen LogP contribution is -2.22. The van der Waals surface area contributed by atoms with E-state index >= 15 is 0 Å². The van der Waals surface area contributed by atoms with Crippen LogP contribution in [0.4, 0.5) is 5.69 Å².